The number of hydrazone groups is 1. The van der Waals surface area contributed by atoms with Crippen molar-refractivity contribution in [3.05, 3.63) is 86.5 Å². The topological polar surface area (TPSA) is 238 Å². The molecule has 0 saturated heterocycles. The van der Waals surface area contributed by atoms with E-state index in [9.17, 15) is 46.2 Å². The van der Waals surface area contributed by atoms with Crippen LogP contribution < -0.4 is 50.0 Å². The fourth-order valence-corrected chi connectivity index (χ4v) is 4.78. The molecule has 0 spiro atoms. The van der Waals surface area contributed by atoms with Crippen molar-refractivity contribution in [3.8, 4) is 5.75 Å². The number of hydrazine groups is 2. The quantitative estimate of drug-likeness (QED) is 0.133. The molecule has 0 aliphatic carbocycles. The molecule has 0 radical (unpaired) electrons. The van der Waals surface area contributed by atoms with Crippen molar-refractivity contribution in [2.24, 2.45) is 5.10 Å². The van der Waals surface area contributed by atoms with Crippen molar-refractivity contribution in [1.82, 2.24) is 5.53 Å². The SMILES string of the molecule is COc1cc([N+](=O)[O-])ccc1N1NN(c2ccc([N+](=O)[O-])cc2)N=C1c1ccc(S(=O)(=O)[O-])cc1S(=O)(=O)O.[Na+]. The molecule has 1 heterocycles. The number of rotatable bonds is 8. The molecule has 0 saturated carbocycles. The number of nitro groups is 2. The Hall–Kier alpha value is -3.69. The predicted molar refractivity (Wildman–Crippen MR) is 132 cm³/mol. The molecule has 1 aliphatic rings. The van der Waals surface area contributed by atoms with Gasteiger partial charge in [-0.2, -0.15) is 13.5 Å². The second-order valence-corrected chi connectivity index (χ2v) is 10.4. The van der Waals surface area contributed by atoms with E-state index in [4.69, 9.17) is 4.74 Å². The van der Waals surface area contributed by atoms with Crippen LogP contribution in [-0.2, 0) is 20.2 Å². The number of ether oxygens (including phenoxy) is 1. The molecule has 20 heteroatoms. The third-order valence-corrected chi connectivity index (χ3v) is 7.01. The standard InChI is InChI=1S/C20H16N6O11S2.Na/c1-37-18-10-14(26(29)30)6-9-17(18)23-20(21-24(22-23)12-2-4-13(5-3-12)25(27)28)16-8-7-15(38(31,32)33)11-19(16)39(34,35)36;/h2-11,22H,1H3,(H,31,32,33)(H,34,35,36);/q;+1/p-1. The maximum absolute atomic E-state index is 12.2. The number of hydrogen-bond donors (Lipinski definition) is 2. The number of anilines is 2. The molecule has 4 rings (SSSR count). The minimum atomic E-state index is -5.14. The zero-order valence-corrected chi connectivity index (χ0v) is 24.0. The maximum Gasteiger partial charge on any atom is 1.00 e. The first-order valence-electron chi connectivity index (χ1n) is 10.3. The molecule has 17 nitrogen and oxygen atoms in total. The second-order valence-electron chi connectivity index (χ2n) is 7.64. The molecular weight excluding hydrogens is 587 g/mol. The zero-order chi connectivity index (χ0) is 28.7. The van der Waals surface area contributed by atoms with Gasteiger partial charge in [-0.1, -0.05) is 0 Å². The molecule has 3 aromatic rings. The number of hydrogen-bond acceptors (Lipinski definition) is 14. The molecule has 0 atom stereocenters. The Morgan fingerprint density at radius 2 is 1.52 bits per heavy atom. The summed E-state index contributed by atoms with van der Waals surface area (Å²) in [6.07, 6.45) is 0. The minimum absolute atomic E-state index is 0. The molecule has 0 bridgehead atoms. The van der Waals surface area contributed by atoms with Gasteiger partial charge in [0.05, 0.1) is 33.6 Å². The molecule has 1 aliphatic heterocycles. The number of nitro benzene ring substituents is 2. The average molecular weight is 602 g/mol. The average Bonchev–Trinajstić information content (AvgIpc) is 3.32. The summed E-state index contributed by atoms with van der Waals surface area (Å²) in [5.74, 6) is -0.384. The number of non-ortho nitro benzene ring substituents is 2. The van der Waals surface area contributed by atoms with Gasteiger partial charge in [-0.25, -0.2) is 13.4 Å². The van der Waals surface area contributed by atoms with Crippen molar-refractivity contribution >= 4 is 48.8 Å². The van der Waals surface area contributed by atoms with Gasteiger partial charge in [0.25, 0.3) is 21.5 Å². The largest absolute Gasteiger partial charge is 1.00 e. The Morgan fingerprint density at radius 1 is 0.925 bits per heavy atom. The monoisotopic (exact) mass is 602 g/mol. The van der Waals surface area contributed by atoms with E-state index in [1.54, 1.807) is 0 Å². The van der Waals surface area contributed by atoms with E-state index < -0.39 is 39.9 Å². The van der Waals surface area contributed by atoms with Crippen molar-refractivity contribution in [1.29, 1.82) is 0 Å². The van der Waals surface area contributed by atoms with Crippen LogP contribution in [0.5, 0.6) is 5.75 Å². The van der Waals surface area contributed by atoms with Crippen molar-refractivity contribution in [3.63, 3.8) is 0 Å². The first-order chi connectivity index (χ1) is 18.2. The fourth-order valence-electron chi connectivity index (χ4n) is 3.50. The van der Waals surface area contributed by atoms with Crippen LogP contribution in [0.3, 0.4) is 0 Å². The first-order valence-corrected chi connectivity index (χ1v) is 13.2. The molecule has 204 valence electrons. The number of amidine groups is 1. The molecule has 0 aromatic heterocycles. The predicted octanol–water partition coefficient (Wildman–Crippen LogP) is -1.23. The molecular formula is C20H15N6NaO11S2. The summed E-state index contributed by atoms with van der Waals surface area (Å²) < 4.78 is 74.0. The van der Waals surface area contributed by atoms with Crippen LogP contribution in [0.2, 0.25) is 0 Å². The summed E-state index contributed by atoms with van der Waals surface area (Å²) >= 11 is 0. The van der Waals surface area contributed by atoms with Crippen LogP contribution in [0.4, 0.5) is 22.7 Å². The van der Waals surface area contributed by atoms with Crippen molar-refractivity contribution in [2.45, 2.75) is 9.79 Å². The number of nitrogens with one attached hydrogen (secondary N) is 1. The van der Waals surface area contributed by atoms with E-state index >= 15 is 0 Å². The van der Waals surface area contributed by atoms with Crippen LogP contribution in [0, 0.1) is 20.2 Å². The van der Waals surface area contributed by atoms with Gasteiger partial charge in [0, 0.05) is 23.8 Å². The molecule has 2 N–H and O–H groups in total. The smallest absolute Gasteiger partial charge is 0.744 e. The van der Waals surface area contributed by atoms with Gasteiger partial charge in [-0.3, -0.25) is 24.8 Å². The van der Waals surface area contributed by atoms with Crippen molar-refractivity contribution in [2.75, 3.05) is 17.2 Å². The summed E-state index contributed by atoms with van der Waals surface area (Å²) in [4.78, 5) is 19.0. The van der Waals surface area contributed by atoms with E-state index in [-0.39, 0.29) is 69.5 Å². The summed E-state index contributed by atoms with van der Waals surface area (Å²) in [6.45, 7) is 0. The number of nitrogens with zero attached hydrogens (tertiary/aromatic N) is 5. The number of benzene rings is 3. The Balaban J connectivity index is 0.00000441. The minimum Gasteiger partial charge on any atom is -0.744 e. The maximum atomic E-state index is 12.2. The summed E-state index contributed by atoms with van der Waals surface area (Å²) in [6, 6.07) is 10.5. The summed E-state index contributed by atoms with van der Waals surface area (Å²) in [5.41, 5.74) is 2.04. The van der Waals surface area contributed by atoms with Crippen LogP contribution in [0.25, 0.3) is 0 Å². The molecule has 0 fully saturated rings. The van der Waals surface area contributed by atoms with E-state index in [2.05, 4.69) is 10.6 Å². The van der Waals surface area contributed by atoms with E-state index in [0.717, 1.165) is 34.4 Å². The third kappa shape index (κ3) is 6.21. The normalized spacial score (nSPS) is 13.4. The number of methoxy groups -OCH3 is 1. The van der Waals surface area contributed by atoms with Crippen LogP contribution in [0.15, 0.2) is 75.6 Å². The van der Waals surface area contributed by atoms with Gasteiger partial charge in [0.2, 0.25) is 0 Å². The van der Waals surface area contributed by atoms with Gasteiger partial charge in [-0.05, 0) is 36.4 Å². The Bertz CT molecular complexity index is 1750. The van der Waals surface area contributed by atoms with E-state index in [0.29, 0.717) is 6.07 Å². The fraction of sp³-hybridized carbons (Fsp3) is 0.0500. The van der Waals surface area contributed by atoms with Crippen LogP contribution in [-0.4, -0.2) is 48.7 Å². The summed E-state index contributed by atoms with van der Waals surface area (Å²) in [7, 11) is -9.06. The molecule has 0 amide bonds. The third-order valence-electron chi connectivity index (χ3n) is 5.28. The summed E-state index contributed by atoms with van der Waals surface area (Å²) in [5, 5.41) is 28.7. The van der Waals surface area contributed by atoms with Gasteiger partial charge in [0.15, 0.2) is 11.6 Å². The Morgan fingerprint density at radius 3 is 2.05 bits per heavy atom. The molecule has 40 heavy (non-hydrogen) atoms. The first kappa shape index (κ1) is 30.8. The van der Waals surface area contributed by atoms with Gasteiger partial charge < -0.3 is 9.29 Å². The molecule has 0 unspecified atom stereocenters. The Kier molecular flexibility index (Phi) is 8.81. The van der Waals surface area contributed by atoms with Crippen LogP contribution >= 0.6 is 0 Å². The van der Waals surface area contributed by atoms with Gasteiger partial charge in [-0.15, -0.1) is 10.6 Å². The molecule has 3 aromatic carbocycles. The van der Waals surface area contributed by atoms with Crippen molar-refractivity contribution < 1.29 is 70.1 Å². The zero-order valence-electron chi connectivity index (χ0n) is 20.4. The van der Waals surface area contributed by atoms with Gasteiger partial charge in [0.1, 0.15) is 20.7 Å². The van der Waals surface area contributed by atoms with E-state index in [1.807, 2.05) is 0 Å². The van der Waals surface area contributed by atoms with E-state index in [1.165, 1.54) is 37.4 Å². The Labute approximate surface area is 247 Å². The van der Waals surface area contributed by atoms with Crippen LogP contribution in [0.1, 0.15) is 5.56 Å². The van der Waals surface area contributed by atoms with Gasteiger partial charge >= 0.3 is 29.6 Å². The second kappa shape index (κ2) is 11.4.